The molecule has 9 atom stereocenters. The molecule has 0 aromatic rings. The smallest absolute Gasteiger partial charge is 0.164 e. The van der Waals surface area contributed by atoms with Gasteiger partial charge in [-0.2, -0.15) is 0 Å². The summed E-state index contributed by atoms with van der Waals surface area (Å²) in [6, 6.07) is 0. The predicted octanol–water partition coefficient (Wildman–Crippen LogP) is 1.86. The lowest BCUT2D eigenvalue weighted by Crippen LogP contribution is -2.63. The second-order valence-corrected chi connectivity index (χ2v) is 10.1. The van der Waals surface area contributed by atoms with Crippen LogP contribution in [0.4, 0.5) is 0 Å². The zero-order valence-electron chi connectivity index (χ0n) is 16.1. The zero-order chi connectivity index (χ0) is 19.1. The van der Waals surface area contributed by atoms with Crippen molar-refractivity contribution in [1.82, 2.24) is 0 Å². The maximum absolute atomic E-state index is 13.4. The van der Waals surface area contributed by atoms with Crippen LogP contribution in [0, 0.1) is 34.5 Å². The molecule has 5 nitrogen and oxygen atoms in total. The van der Waals surface area contributed by atoms with Gasteiger partial charge in [0.15, 0.2) is 11.4 Å². The Hall–Kier alpha value is -0.780. The van der Waals surface area contributed by atoms with Crippen molar-refractivity contribution in [2.24, 2.45) is 34.5 Å². The largest absolute Gasteiger partial charge is 0.393 e. The molecule has 26 heavy (non-hydrogen) atoms. The maximum atomic E-state index is 13.4. The molecule has 0 saturated heterocycles. The standard InChI is InChI=1S/C21H32O5/c1-11(22)21(26)17(25)9-15-14-5-4-12-8-13(23)6-7-19(12,2)18(14)16(24)10-20(15,21)3/h12-15,17-18,23,25-26H,4-10H2,1-3H3/t12?,13?,14-,15-,17?,18+,19-,20-,21+/m0/s1. The molecule has 0 radical (unpaired) electrons. The lowest BCUT2D eigenvalue weighted by atomic mass is 9.44. The first-order valence-electron chi connectivity index (χ1n) is 10.2. The number of ketones is 2. The first kappa shape index (κ1) is 18.6. The highest BCUT2D eigenvalue weighted by molar-refractivity contribution is 5.91. The Morgan fingerprint density at radius 3 is 2.46 bits per heavy atom. The lowest BCUT2D eigenvalue weighted by molar-refractivity contribution is -0.184. The van der Waals surface area contributed by atoms with E-state index in [0.29, 0.717) is 12.3 Å². The number of hydrogen-bond acceptors (Lipinski definition) is 5. The van der Waals surface area contributed by atoms with E-state index in [1.165, 1.54) is 6.92 Å². The molecule has 0 heterocycles. The zero-order valence-corrected chi connectivity index (χ0v) is 16.1. The number of Topliss-reactive ketones (excluding diaryl/α,β-unsaturated/α-hetero) is 2. The minimum atomic E-state index is -1.82. The van der Waals surface area contributed by atoms with E-state index in [9.17, 15) is 24.9 Å². The van der Waals surface area contributed by atoms with Crippen LogP contribution in [0.1, 0.15) is 65.7 Å². The minimum Gasteiger partial charge on any atom is -0.393 e. The van der Waals surface area contributed by atoms with Gasteiger partial charge >= 0.3 is 0 Å². The Morgan fingerprint density at radius 2 is 1.81 bits per heavy atom. The second kappa shape index (κ2) is 5.62. The summed E-state index contributed by atoms with van der Waals surface area (Å²) in [7, 11) is 0. The molecule has 0 aromatic heterocycles. The summed E-state index contributed by atoms with van der Waals surface area (Å²) >= 11 is 0. The fourth-order valence-corrected chi connectivity index (χ4v) is 7.70. The van der Waals surface area contributed by atoms with E-state index in [2.05, 4.69) is 6.92 Å². The van der Waals surface area contributed by atoms with Gasteiger partial charge in [0.2, 0.25) is 0 Å². The van der Waals surface area contributed by atoms with Crippen LogP contribution in [-0.2, 0) is 9.59 Å². The third kappa shape index (κ3) is 2.08. The minimum absolute atomic E-state index is 0.0151. The maximum Gasteiger partial charge on any atom is 0.164 e. The van der Waals surface area contributed by atoms with E-state index in [0.717, 1.165) is 32.1 Å². The molecule has 4 fully saturated rings. The molecule has 4 aliphatic carbocycles. The van der Waals surface area contributed by atoms with E-state index in [1.54, 1.807) is 0 Å². The average molecular weight is 364 g/mol. The molecular weight excluding hydrogens is 332 g/mol. The number of aliphatic hydroxyl groups is 3. The first-order chi connectivity index (χ1) is 12.1. The Kier molecular flexibility index (Phi) is 4.01. The highest BCUT2D eigenvalue weighted by Gasteiger charge is 2.71. The molecule has 0 amide bonds. The SMILES string of the molecule is CC(=O)[C@@]1(O)C(O)C[C@H]2[C@@H]3CCC4CC(O)CC[C@]4(C)[C@H]3C(=O)C[C@@]21C. The van der Waals surface area contributed by atoms with Crippen LogP contribution in [0.5, 0.6) is 0 Å². The van der Waals surface area contributed by atoms with Gasteiger partial charge in [-0.3, -0.25) is 9.59 Å². The van der Waals surface area contributed by atoms with Crippen LogP contribution in [0.3, 0.4) is 0 Å². The fraction of sp³-hybridized carbons (Fsp3) is 0.905. The van der Waals surface area contributed by atoms with Crippen molar-refractivity contribution in [2.45, 2.75) is 83.5 Å². The van der Waals surface area contributed by atoms with E-state index in [1.807, 2.05) is 6.92 Å². The van der Waals surface area contributed by atoms with Crippen LogP contribution in [-0.4, -0.2) is 44.7 Å². The van der Waals surface area contributed by atoms with Gasteiger partial charge in [-0.25, -0.2) is 0 Å². The molecular formula is C21H32O5. The Morgan fingerprint density at radius 1 is 1.12 bits per heavy atom. The number of carbonyl (C=O) groups is 2. The fourth-order valence-electron chi connectivity index (χ4n) is 7.70. The van der Waals surface area contributed by atoms with Gasteiger partial charge < -0.3 is 15.3 Å². The second-order valence-electron chi connectivity index (χ2n) is 10.1. The molecule has 0 aromatic carbocycles. The summed E-state index contributed by atoms with van der Waals surface area (Å²) in [4.78, 5) is 25.7. The third-order valence-corrected chi connectivity index (χ3v) is 9.08. The molecule has 3 unspecified atom stereocenters. The van der Waals surface area contributed by atoms with Gasteiger partial charge in [-0.15, -0.1) is 0 Å². The van der Waals surface area contributed by atoms with Gasteiger partial charge in [0.05, 0.1) is 12.2 Å². The number of hydrogen-bond donors (Lipinski definition) is 3. The summed E-state index contributed by atoms with van der Waals surface area (Å²) in [5.41, 5.74) is -2.81. The van der Waals surface area contributed by atoms with Crippen LogP contribution < -0.4 is 0 Å². The van der Waals surface area contributed by atoms with Crippen molar-refractivity contribution in [1.29, 1.82) is 0 Å². The van der Waals surface area contributed by atoms with Crippen molar-refractivity contribution in [2.75, 3.05) is 0 Å². The molecule has 4 saturated carbocycles. The van der Waals surface area contributed by atoms with Gasteiger partial charge in [-0.1, -0.05) is 13.8 Å². The Bertz CT molecular complexity index is 646. The average Bonchev–Trinajstić information content (AvgIpc) is 2.76. The predicted molar refractivity (Wildman–Crippen MR) is 95.1 cm³/mol. The third-order valence-electron chi connectivity index (χ3n) is 9.08. The van der Waals surface area contributed by atoms with Crippen LogP contribution in [0.2, 0.25) is 0 Å². The number of carbonyl (C=O) groups excluding carboxylic acids is 2. The lowest BCUT2D eigenvalue weighted by Gasteiger charge is -2.60. The quantitative estimate of drug-likeness (QED) is 0.660. The van der Waals surface area contributed by atoms with Gasteiger partial charge in [0, 0.05) is 17.8 Å². The van der Waals surface area contributed by atoms with Crippen molar-refractivity contribution in [3.05, 3.63) is 0 Å². The topological polar surface area (TPSA) is 94.8 Å². The molecule has 0 aliphatic heterocycles. The van der Waals surface area contributed by atoms with Crippen molar-refractivity contribution in [3.8, 4) is 0 Å². The van der Waals surface area contributed by atoms with Gasteiger partial charge in [-0.05, 0) is 68.6 Å². The molecule has 3 N–H and O–H groups in total. The first-order valence-corrected chi connectivity index (χ1v) is 10.2. The monoisotopic (exact) mass is 364 g/mol. The molecule has 0 bridgehead atoms. The molecule has 0 spiro atoms. The highest BCUT2D eigenvalue weighted by atomic mass is 16.4. The van der Waals surface area contributed by atoms with E-state index in [4.69, 9.17) is 0 Å². The molecule has 4 rings (SSSR count). The number of aliphatic hydroxyl groups excluding tert-OH is 2. The summed E-state index contributed by atoms with van der Waals surface area (Å²) in [6.07, 6.45) is 3.43. The van der Waals surface area contributed by atoms with Crippen LogP contribution in [0.15, 0.2) is 0 Å². The van der Waals surface area contributed by atoms with Crippen molar-refractivity contribution < 1.29 is 24.9 Å². The molecule has 5 heteroatoms. The van der Waals surface area contributed by atoms with Crippen LogP contribution >= 0.6 is 0 Å². The summed E-state index contributed by atoms with van der Waals surface area (Å²) in [5, 5.41) is 31.8. The summed E-state index contributed by atoms with van der Waals surface area (Å²) < 4.78 is 0. The van der Waals surface area contributed by atoms with Gasteiger partial charge in [0.1, 0.15) is 5.78 Å². The Balaban J connectivity index is 1.74. The summed E-state index contributed by atoms with van der Waals surface area (Å²) in [5.74, 6) is 0.0969. The number of rotatable bonds is 1. The van der Waals surface area contributed by atoms with E-state index < -0.39 is 22.9 Å². The van der Waals surface area contributed by atoms with Crippen LogP contribution in [0.25, 0.3) is 0 Å². The number of fused-ring (bicyclic) bond motifs is 5. The van der Waals surface area contributed by atoms with Crippen molar-refractivity contribution >= 4 is 11.6 Å². The Labute approximate surface area is 155 Å². The van der Waals surface area contributed by atoms with Gasteiger partial charge in [0.25, 0.3) is 0 Å². The van der Waals surface area contributed by atoms with E-state index >= 15 is 0 Å². The molecule has 146 valence electrons. The molecule has 4 aliphatic rings. The van der Waals surface area contributed by atoms with Crippen molar-refractivity contribution in [3.63, 3.8) is 0 Å². The summed E-state index contributed by atoms with van der Waals surface area (Å²) in [6.45, 7) is 5.38. The van der Waals surface area contributed by atoms with E-state index in [-0.39, 0.29) is 41.5 Å². The normalized spacial score (nSPS) is 56.5. The highest BCUT2D eigenvalue weighted by Crippen LogP contribution is 2.67.